The molecule has 4 heteroatoms. The number of nitrogens with zero attached hydrogens (tertiary/aromatic N) is 1. The lowest BCUT2D eigenvalue weighted by atomic mass is 9.84. The standard InChI is InChI=1S/C14H17BrClNO/c1-9-3-4-11(15)7-13(9)14(18)17(2)8-10-5-12(16)6-10/h3-4,7,10,12H,5-6,8H2,1-2H3. The van der Waals surface area contributed by atoms with Gasteiger partial charge in [-0.05, 0) is 43.4 Å². The minimum atomic E-state index is 0.0897. The molecule has 1 aliphatic carbocycles. The third-order valence-corrected chi connectivity index (χ3v) is 4.34. The number of hydrogen-bond acceptors (Lipinski definition) is 1. The van der Waals surface area contributed by atoms with Crippen LogP contribution in [-0.4, -0.2) is 29.8 Å². The minimum absolute atomic E-state index is 0.0897. The molecular formula is C14H17BrClNO. The Balaban J connectivity index is 2.03. The van der Waals surface area contributed by atoms with Gasteiger partial charge in [0.25, 0.3) is 5.91 Å². The SMILES string of the molecule is Cc1ccc(Br)cc1C(=O)N(C)CC1CC(Cl)C1. The van der Waals surface area contributed by atoms with Crippen LogP contribution >= 0.6 is 27.5 Å². The summed E-state index contributed by atoms with van der Waals surface area (Å²) in [5.41, 5.74) is 1.78. The van der Waals surface area contributed by atoms with E-state index in [1.54, 1.807) is 0 Å². The monoisotopic (exact) mass is 329 g/mol. The number of benzene rings is 1. The summed E-state index contributed by atoms with van der Waals surface area (Å²) in [4.78, 5) is 14.2. The van der Waals surface area contributed by atoms with E-state index in [0.29, 0.717) is 11.3 Å². The van der Waals surface area contributed by atoms with Gasteiger partial charge in [0.1, 0.15) is 0 Å². The zero-order valence-corrected chi connectivity index (χ0v) is 13.0. The van der Waals surface area contributed by atoms with Crippen molar-refractivity contribution in [2.75, 3.05) is 13.6 Å². The van der Waals surface area contributed by atoms with Gasteiger partial charge in [-0.1, -0.05) is 22.0 Å². The fraction of sp³-hybridized carbons (Fsp3) is 0.500. The third-order valence-electron chi connectivity index (χ3n) is 3.49. The normalized spacial score (nSPS) is 22.4. The molecule has 18 heavy (non-hydrogen) atoms. The third kappa shape index (κ3) is 3.07. The lowest BCUT2D eigenvalue weighted by Crippen LogP contribution is -2.38. The minimum Gasteiger partial charge on any atom is -0.341 e. The predicted octanol–water partition coefficient (Wildman–Crippen LogP) is 3.85. The Morgan fingerprint density at radius 3 is 2.78 bits per heavy atom. The average Bonchev–Trinajstić information content (AvgIpc) is 2.29. The molecule has 1 amide bonds. The zero-order valence-electron chi connectivity index (χ0n) is 10.6. The summed E-state index contributed by atoms with van der Waals surface area (Å²) in [6.07, 6.45) is 2.05. The molecule has 1 fully saturated rings. The second kappa shape index (κ2) is 5.62. The molecule has 0 bridgehead atoms. The molecule has 2 rings (SSSR count). The molecule has 1 saturated carbocycles. The Bertz CT molecular complexity index is 457. The molecule has 0 spiro atoms. The summed E-state index contributed by atoms with van der Waals surface area (Å²) < 4.78 is 0.939. The number of halogens is 2. The number of amides is 1. The molecule has 98 valence electrons. The molecule has 0 atom stereocenters. The molecule has 0 aliphatic heterocycles. The summed E-state index contributed by atoms with van der Waals surface area (Å²) in [6, 6.07) is 5.80. The highest BCUT2D eigenvalue weighted by Gasteiger charge is 2.29. The van der Waals surface area contributed by atoms with Gasteiger partial charge in [0, 0.05) is 29.0 Å². The Labute approximate surface area is 121 Å². The quantitative estimate of drug-likeness (QED) is 0.771. The molecule has 2 nitrogen and oxygen atoms in total. The Kier molecular flexibility index (Phi) is 4.33. The van der Waals surface area contributed by atoms with Gasteiger partial charge in [-0.2, -0.15) is 0 Å². The summed E-state index contributed by atoms with van der Waals surface area (Å²) in [6.45, 7) is 2.76. The van der Waals surface area contributed by atoms with Gasteiger partial charge in [0.05, 0.1) is 0 Å². The summed E-state index contributed by atoms with van der Waals surface area (Å²) in [5.74, 6) is 0.653. The van der Waals surface area contributed by atoms with Crippen LogP contribution in [0.3, 0.4) is 0 Å². The molecule has 1 aromatic carbocycles. The van der Waals surface area contributed by atoms with Crippen LogP contribution in [0.2, 0.25) is 0 Å². The van der Waals surface area contributed by atoms with E-state index in [4.69, 9.17) is 11.6 Å². The summed E-state index contributed by atoms with van der Waals surface area (Å²) >= 11 is 9.37. The number of hydrogen-bond donors (Lipinski definition) is 0. The van der Waals surface area contributed by atoms with E-state index in [-0.39, 0.29) is 5.91 Å². The topological polar surface area (TPSA) is 20.3 Å². The molecule has 0 N–H and O–H groups in total. The maximum absolute atomic E-state index is 12.3. The van der Waals surface area contributed by atoms with Crippen molar-refractivity contribution in [2.24, 2.45) is 5.92 Å². The first-order valence-corrected chi connectivity index (χ1v) is 7.36. The van der Waals surface area contributed by atoms with E-state index in [2.05, 4.69) is 15.9 Å². The van der Waals surface area contributed by atoms with E-state index in [9.17, 15) is 4.79 Å². The maximum atomic E-state index is 12.3. The molecule has 0 unspecified atom stereocenters. The van der Waals surface area contributed by atoms with Gasteiger partial charge in [0.2, 0.25) is 0 Å². The van der Waals surface area contributed by atoms with E-state index in [1.165, 1.54) is 0 Å². The highest BCUT2D eigenvalue weighted by atomic mass is 79.9. The number of rotatable bonds is 3. The first kappa shape index (κ1) is 13.9. The van der Waals surface area contributed by atoms with E-state index in [0.717, 1.165) is 35.0 Å². The highest BCUT2D eigenvalue weighted by molar-refractivity contribution is 9.10. The van der Waals surface area contributed by atoms with Crippen molar-refractivity contribution >= 4 is 33.4 Å². The van der Waals surface area contributed by atoms with Crippen LogP contribution in [0, 0.1) is 12.8 Å². The first-order valence-electron chi connectivity index (χ1n) is 6.13. The van der Waals surface area contributed by atoms with Crippen molar-refractivity contribution in [3.05, 3.63) is 33.8 Å². The second-order valence-corrected chi connectivity index (χ2v) is 6.61. The van der Waals surface area contributed by atoms with Crippen molar-refractivity contribution < 1.29 is 4.79 Å². The van der Waals surface area contributed by atoms with Crippen LogP contribution in [0.5, 0.6) is 0 Å². The molecule has 0 aromatic heterocycles. The highest BCUT2D eigenvalue weighted by Crippen LogP contribution is 2.32. The van der Waals surface area contributed by atoms with E-state index in [1.807, 2.05) is 37.1 Å². The Hall–Kier alpha value is -0.540. The van der Waals surface area contributed by atoms with Gasteiger partial charge in [-0.3, -0.25) is 4.79 Å². The average molecular weight is 331 g/mol. The van der Waals surface area contributed by atoms with E-state index >= 15 is 0 Å². The number of aryl methyl sites for hydroxylation is 1. The van der Waals surface area contributed by atoms with Gasteiger partial charge in [0.15, 0.2) is 0 Å². The van der Waals surface area contributed by atoms with Crippen LogP contribution in [0.1, 0.15) is 28.8 Å². The van der Waals surface area contributed by atoms with Crippen LogP contribution < -0.4 is 0 Å². The summed E-state index contributed by atoms with van der Waals surface area (Å²) in [7, 11) is 1.87. The predicted molar refractivity (Wildman–Crippen MR) is 78.2 cm³/mol. The Morgan fingerprint density at radius 1 is 1.50 bits per heavy atom. The fourth-order valence-corrected chi connectivity index (χ4v) is 3.17. The van der Waals surface area contributed by atoms with Crippen LogP contribution in [0.4, 0.5) is 0 Å². The van der Waals surface area contributed by atoms with Crippen molar-refractivity contribution in [3.63, 3.8) is 0 Å². The smallest absolute Gasteiger partial charge is 0.253 e. The first-order chi connectivity index (χ1) is 8.47. The van der Waals surface area contributed by atoms with Gasteiger partial charge < -0.3 is 4.90 Å². The zero-order chi connectivity index (χ0) is 13.3. The Morgan fingerprint density at radius 2 is 2.17 bits per heavy atom. The number of carbonyl (C=O) groups excluding carboxylic acids is 1. The van der Waals surface area contributed by atoms with Gasteiger partial charge in [-0.15, -0.1) is 11.6 Å². The van der Waals surface area contributed by atoms with E-state index < -0.39 is 0 Å². The molecule has 1 aromatic rings. The fourth-order valence-electron chi connectivity index (χ4n) is 2.30. The van der Waals surface area contributed by atoms with Crippen molar-refractivity contribution in [3.8, 4) is 0 Å². The number of carbonyl (C=O) groups is 1. The maximum Gasteiger partial charge on any atom is 0.253 e. The van der Waals surface area contributed by atoms with Crippen molar-refractivity contribution in [1.82, 2.24) is 4.90 Å². The largest absolute Gasteiger partial charge is 0.341 e. The number of alkyl halides is 1. The van der Waals surface area contributed by atoms with Crippen LogP contribution in [0.25, 0.3) is 0 Å². The van der Waals surface area contributed by atoms with Gasteiger partial charge >= 0.3 is 0 Å². The van der Waals surface area contributed by atoms with Crippen molar-refractivity contribution in [2.45, 2.75) is 25.1 Å². The van der Waals surface area contributed by atoms with Gasteiger partial charge in [-0.25, -0.2) is 0 Å². The molecule has 0 heterocycles. The second-order valence-electron chi connectivity index (χ2n) is 5.08. The molecule has 0 radical (unpaired) electrons. The van der Waals surface area contributed by atoms with Crippen LogP contribution in [-0.2, 0) is 0 Å². The summed E-state index contributed by atoms with van der Waals surface area (Å²) in [5, 5.41) is 0.311. The molecular weight excluding hydrogens is 314 g/mol. The lowest BCUT2D eigenvalue weighted by Gasteiger charge is -2.34. The van der Waals surface area contributed by atoms with Crippen molar-refractivity contribution in [1.29, 1.82) is 0 Å². The molecule has 0 saturated heterocycles. The lowest BCUT2D eigenvalue weighted by molar-refractivity contribution is 0.0746. The van der Waals surface area contributed by atoms with Crippen LogP contribution in [0.15, 0.2) is 22.7 Å². The molecule has 1 aliphatic rings.